The van der Waals surface area contributed by atoms with Crippen LogP contribution in [0.2, 0.25) is 5.02 Å². The Morgan fingerprint density at radius 2 is 2.00 bits per heavy atom. The quantitative estimate of drug-likeness (QED) is 0.799. The third kappa shape index (κ3) is 2.83. The summed E-state index contributed by atoms with van der Waals surface area (Å²) in [6.07, 6.45) is 0. The van der Waals surface area contributed by atoms with Gasteiger partial charge in [-0.3, -0.25) is 0 Å². The van der Waals surface area contributed by atoms with Crippen LogP contribution in [0, 0.1) is 0 Å². The average Bonchev–Trinajstić information content (AvgIpc) is 2.28. The van der Waals surface area contributed by atoms with Gasteiger partial charge in [-0.15, -0.1) is 0 Å². The molecule has 0 spiro atoms. The van der Waals surface area contributed by atoms with E-state index in [1.165, 1.54) is 0 Å². The Hall–Kier alpha value is -0.970. The van der Waals surface area contributed by atoms with Crippen molar-refractivity contribution in [1.82, 2.24) is 5.48 Å². The normalized spacial score (nSPS) is 10.8. The lowest BCUT2D eigenvalue weighted by molar-refractivity contribution is 0.161. The highest BCUT2D eigenvalue weighted by Crippen LogP contribution is 2.42. The predicted octanol–water partition coefficient (Wildman–Crippen LogP) is 2.96. The van der Waals surface area contributed by atoms with E-state index in [-0.39, 0.29) is 5.92 Å². The van der Waals surface area contributed by atoms with Crippen molar-refractivity contribution in [1.29, 1.82) is 0 Å². The molecule has 1 aromatic carbocycles. The smallest absolute Gasteiger partial charge is 0.179 e. The van der Waals surface area contributed by atoms with Gasteiger partial charge in [-0.2, -0.15) is 0 Å². The molecule has 17 heavy (non-hydrogen) atoms. The maximum atomic E-state index is 8.84. The fourth-order valence-electron chi connectivity index (χ4n) is 1.87. The number of nitrogens with one attached hydrogen (secondary N) is 1. The maximum Gasteiger partial charge on any atom is 0.179 e. The molecule has 1 aromatic rings. The molecular weight excluding hydrogens is 242 g/mol. The Morgan fingerprint density at radius 3 is 2.41 bits per heavy atom. The maximum absolute atomic E-state index is 8.84. The number of ether oxygens (including phenoxy) is 2. The van der Waals surface area contributed by atoms with Crippen molar-refractivity contribution in [2.45, 2.75) is 26.3 Å². The minimum atomic E-state index is 0.227. The summed E-state index contributed by atoms with van der Waals surface area (Å²) in [6, 6.07) is 1.82. The fourth-order valence-corrected chi connectivity index (χ4v) is 2.38. The molecule has 0 unspecified atom stereocenters. The number of methoxy groups -OCH3 is 2. The highest BCUT2D eigenvalue weighted by molar-refractivity contribution is 6.33. The predicted molar refractivity (Wildman–Crippen MR) is 67.3 cm³/mol. The van der Waals surface area contributed by atoms with Crippen molar-refractivity contribution in [3.8, 4) is 11.5 Å². The van der Waals surface area contributed by atoms with E-state index in [9.17, 15) is 0 Å². The van der Waals surface area contributed by atoms with E-state index < -0.39 is 0 Å². The molecule has 0 aliphatic carbocycles. The van der Waals surface area contributed by atoms with Crippen molar-refractivity contribution in [2.75, 3.05) is 14.2 Å². The number of halogens is 1. The van der Waals surface area contributed by atoms with Gasteiger partial charge in [0.2, 0.25) is 0 Å². The van der Waals surface area contributed by atoms with Crippen LogP contribution in [0.15, 0.2) is 6.07 Å². The molecule has 0 radical (unpaired) electrons. The molecule has 0 aromatic heterocycles. The van der Waals surface area contributed by atoms with Crippen LogP contribution >= 0.6 is 11.6 Å². The van der Waals surface area contributed by atoms with Gasteiger partial charge in [-0.25, -0.2) is 5.48 Å². The summed E-state index contributed by atoms with van der Waals surface area (Å²) in [5, 5.41) is 9.38. The monoisotopic (exact) mass is 259 g/mol. The summed E-state index contributed by atoms with van der Waals surface area (Å²) in [4.78, 5) is 0. The van der Waals surface area contributed by atoms with Gasteiger partial charge in [0, 0.05) is 6.54 Å². The Kier molecular flexibility index (Phi) is 5.05. The number of hydrogen-bond donors (Lipinski definition) is 2. The molecule has 0 amide bonds. The molecule has 0 heterocycles. The second-order valence-electron chi connectivity index (χ2n) is 3.99. The van der Waals surface area contributed by atoms with Gasteiger partial charge in [-0.05, 0) is 23.1 Å². The van der Waals surface area contributed by atoms with E-state index >= 15 is 0 Å². The third-order valence-electron chi connectivity index (χ3n) is 2.58. The first-order valence-electron chi connectivity index (χ1n) is 5.37. The summed E-state index contributed by atoms with van der Waals surface area (Å²) in [5.74, 6) is 1.32. The van der Waals surface area contributed by atoms with Gasteiger partial charge in [-0.1, -0.05) is 25.4 Å². The van der Waals surface area contributed by atoms with Crippen LogP contribution in [0.1, 0.15) is 30.9 Å². The molecular formula is C12H18ClNO3. The molecule has 96 valence electrons. The van der Waals surface area contributed by atoms with E-state index in [4.69, 9.17) is 26.3 Å². The lowest BCUT2D eigenvalue weighted by Crippen LogP contribution is -2.11. The van der Waals surface area contributed by atoms with Gasteiger partial charge in [0.25, 0.3) is 0 Å². The molecule has 0 atom stereocenters. The highest BCUT2D eigenvalue weighted by atomic mass is 35.5. The molecule has 4 nitrogen and oxygen atoms in total. The second kappa shape index (κ2) is 6.10. The van der Waals surface area contributed by atoms with E-state index in [1.807, 2.05) is 19.9 Å². The molecule has 1 rings (SSSR count). The van der Waals surface area contributed by atoms with Crippen LogP contribution in [-0.2, 0) is 6.54 Å². The van der Waals surface area contributed by atoms with Gasteiger partial charge in [0.15, 0.2) is 11.5 Å². The highest BCUT2D eigenvalue weighted by Gasteiger charge is 2.19. The fraction of sp³-hybridized carbons (Fsp3) is 0.500. The van der Waals surface area contributed by atoms with Crippen LogP contribution in [0.3, 0.4) is 0 Å². The van der Waals surface area contributed by atoms with Crippen LogP contribution in [0.4, 0.5) is 0 Å². The first kappa shape index (κ1) is 14.1. The van der Waals surface area contributed by atoms with E-state index in [2.05, 4.69) is 5.48 Å². The largest absolute Gasteiger partial charge is 0.493 e. The van der Waals surface area contributed by atoms with Gasteiger partial charge in [0.1, 0.15) is 0 Å². The minimum absolute atomic E-state index is 0.227. The van der Waals surface area contributed by atoms with Crippen LogP contribution in [0.5, 0.6) is 11.5 Å². The summed E-state index contributed by atoms with van der Waals surface area (Å²) in [6.45, 7) is 4.38. The molecule has 0 aliphatic rings. The number of benzene rings is 1. The van der Waals surface area contributed by atoms with Gasteiger partial charge >= 0.3 is 0 Å². The first-order chi connectivity index (χ1) is 8.06. The number of hydrogen-bond acceptors (Lipinski definition) is 4. The third-order valence-corrected chi connectivity index (χ3v) is 2.96. The SMILES string of the molecule is COc1cc(CNO)c(C(C)C)c(Cl)c1OC. The topological polar surface area (TPSA) is 50.7 Å². The molecule has 0 saturated heterocycles. The lowest BCUT2D eigenvalue weighted by Gasteiger charge is -2.19. The second-order valence-corrected chi connectivity index (χ2v) is 4.37. The molecule has 5 heteroatoms. The lowest BCUT2D eigenvalue weighted by atomic mass is 9.96. The molecule has 0 fully saturated rings. The first-order valence-corrected chi connectivity index (χ1v) is 5.74. The van der Waals surface area contributed by atoms with E-state index in [0.717, 1.165) is 11.1 Å². The summed E-state index contributed by atoms with van der Waals surface area (Å²) >= 11 is 6.31. The Morgan fingerprint density at radius 1 is 1.35 bits per heavy atom. The zero-order chi connectivity index (χ0) is 13.0. The van der Waals surface area contributed by atoms with Crippen molar-refractivity contribution in [3.63, 3.8) is 0 Å². The Balaban J connectivity index is 3.44. The molecule has 0 saturated carbocycles. The molecule has 0 bridgehead atoms. The van der Waals surface area contributed by atoms with Crippen molar-refractivity contribution in [2.24, 2.45) is 0 Å². The molecule has 2 N–H and O–H groups in total. The van der Waals surface area contributed by atoms with Crippen molar-refractivity contribution in [3.05, 3.63) is 22.2 Å². The number of hydroxylamine groups is 1. The molecule has 0 aliphatic heterocycles. The standard InChI is InChI=1S/C12H18ClNO3/c1-7(2)10-8(6-14-15)5-9(16-3)12(17-4)11(10)13/h5,7,14-15H,6H2,1-4H3. The average molecular weight is 260 g/mol. The van der Waals surface area contributed by atoms with E-state index in [0.29, 0.717) is 23.1 Å². The summed E-state index contributed by atoms with van der Waals surface area (Å²) < 4.78 is 10.5. The van der Waals surface area contributed by atoms with Crippen molar-refractivity contribution >= 4 is 11.6 Å². The van der Waals surface area contributed by atoms with Crippen LogP contribution in [0.25, 0.3) is 0 Å². The van der Waals surface area contributed by atoms with E-state index in [1.54, 1.807) is 14.2 Å². The summed E-state index contributed by atoms with van der Waals surface area (Å²) in [5.41, 5.74) is 3.98. The number of rotatable bonds is 5. The Bertz CT molecular complexity index is 394. The van der Waals surface area contributed by atoms with Crippen molar-refractivity contribution < 1.29 is 14.7 Å². The minimum Gasteiger partial charge on any atom is -0.493 e. The zero-order valence-electron chi connectivity index (χ0n) is 10.5. The zero-order valence-corrected chi connectivity index (χ0v) is 11.3. The van der Waals surface area contributed by atoms with Gasteiger partial charge < -0.3 is 14.7 Å². The van der Waals surface area contributed by atoms with Crippen LogP contribution < -0.4 is 15.0 Å². The summed E-state index contributed by atoms with van der Waals surface area (Å²) in [7, 11) is 3.11. The van der Waals surface area contributed by atoms with Gasteiger partial charge in [0.05, 0.1) is 19.2 Å². The van der Waals surface area contributed by atoms with Crippen LogP contribution in [-0.4, -0.2) is 19.4 Å². The Labute approximate surface area is 106 Å².